The average Bonchev–Trinajstić information content (AvgIpc) is 2.37. The lowest BCUT2D eigenvalue weighted by Gasteiger charge is -2.31. The first kappa shape index (κ1) is 15.9. The molecule has 0 aliphatic rings. The van der Waals surface area contributed by atoms with Crippen LogP contribution in [-0.2, 0) is 0 Å². The van der Waals surface area contributed by atoms with Crippen LogP contribution in [0.2, 0.25) is 0 Å². The number of aliphatic hydroxyl groups is 1. The second kappa shape index (κ2) is 9.00. The van der Waals surface area contributed by atoms with Gasteiger partial charge in [-0.05, 0) is 12.8 Å². The molecule has 2 atom stereocenters. The molecule has 1 heteroatoms. The zero-order valence-electron chi connectivity index (χ0n) is 11.1. The van der Waals surface area contributed by atoms with E-state index in [1.54, 1.807) is 6.08 Å². The molecule has 0 aromatic heterocycles. The van der Waals surface area contributed by atoms with E-state index in [-0.39, 0.29) is 0 Å². The standard InChI is InChI=1S/C16H25O/c1-5-9-12-16(13-10-6-2,14-11-7-3)15(17)8-4/h4-5,8-10,12-13,15,17H,1,6-7,11,14H2,2-3H3. The van der Waals surface area contributed by atoms with Crippen LogP contribution < -0.4 is 0 Å². The monoisotopic (exact) mass is 233 g/mol. The largest absolute Gasteiger partial charge is 0.388 e. The normalized spacial score (nSPS) is 17.1. The summed E-state index contributed by atoms with van der Waals surface area (Å²) in [5.74, 6) is 0. The Balaban J connectivity index is 5.17. The number of unbranched alkanes of at least 4 members (excludes halogenated alkanes) is 1. The third-order valence-electron chi connectivity index (χ3n) is 2.90. The Hall–Kier alpha value is -1.08. The van der Waals surface area contributed by atoms with Crippen molar-refractivity contribution >= 4 is 0 Å². The first-order chi connectivity index (χ1) is 8.16. The Morgan fingerprint density at radius 3 is 2.53 bits per heavy atom. The second-order valence-corrected chi connectivity index (χ2v) is 4.26. The van der Waals surface area contributed by atoms with Crippen LogP contribution >= 0.6 is 0 Å². The van der Waals surface area contributed by atoms with Crippen LogP contribution in [0.3, 0.4) is 0 Å². The van der Waals surface area contributed by atoms with Crippen LogP contribution in [0.1, 0.15) is 39.5 Å². The molecule has 2 unspecified atom stereocenters. The van der Waals surface area contributed by atoms with Gasteiger partial charge >= 0.3 is 0 Å². The summed E-state index contributed by atoms with van der Waals surface area (Å²) in [5.41, 5.74) is -0.394. The molecule has 1 radical (unpaired) electrons. The highest BCUT2D eigenvalue weighted by atomic mass is 16.3. The van der Waals surface area contributed by atoms with Crippen LogP contribution in [0, 0.1) is 12.0 Å². The molecule has 0 rings (SSSR count). The second-order valence-electron chi connectivity index (χ2n) is 4.26. The van der Waals surface area contributed by atoms with Crippen LogP contribution in [0.25, 0.3) is 0 Å². The van der Waals surface area contributed by atoms with E-state index >= 15 is 0 Å². The molecule has 0 aromatic rings. The lowest BCUT2D eigenvalue weighted by molar-refractivity contribution is 0.124. The lowest BCUT2D eigenvalue weighted by Crippen LogP contribution is -2.30. The van der Waals surface area contributed by atoms with Gasteiger partial charge < -0.3 is 5.11 Å². The number of allylic oxidation sites excluding steroid dienone is 3. The fraction of sp³-hybridized carbons (Fsp3) is 0.500. The molecule has 0 saturated carbocycles. The fourth-order valence-corrected chi connectivity index (χ4v) is 1.81. The Morgan fingerprint density at radius 2 is 2.06 bits per heavy atom. The van der Waals surface area contributed by atoms with Gasteiger partial charge in [0.05, 0.1) is 6.10 Å². The number of hydrogen-bond acceptors (Lipinski definition) is 1. The molecule has 0 aliphatic heterocycles. The maximum Gasteiger partial charge on any atom is 0.0849 e. The molecular weight excluding hydrogens is 208 g/mol. The Kier molecular flexibility index (Phi) is 8.43. The van der Waals surface area contributed by atoms with E-state index in [2.05, 4.69) is 32.6 Å². The molecule has 0 aromatic carbocycles. The summed E-state index contributed by atoms with van der Waals surface area (Å²) in [4.78, 5) is 0. The van der Waals surface area contributed by atoms with Gasteiger partial charge in [0.25, 0.3) is 0 Å². The average molecular weight is 233 g/mol. The van der Waals surface area contributed by atoms with Crippen molar-refractivity contribution in [3.63, 3.8) is 0 Å². The van der Waals surface area contributed by atoms with Gasteiger partial charge in [0.15, 0.2) is 0 Å². The van der Waals surface area contributed by atoms with Crippen molar-refractivity contribution in [1.29, 1.82) is 0 Å². The van der Waals surface area contributed by atoms with Gasteiger partial charge in [-0.3, -0.25) is 0 Å². The van der Waals surface area contributed by atoms with E-state index in [0.29, 0.717) is 0 Å². The van der Waals surface area contributed by atoms with Gasteiger partial charge in [0.2, 0.25) is 0 Å². The Morgan fingerprint density at radius 1 is 1.35 bits per heavy atom. The third-order valence-corrected chi connectivity index (χ3v) is 2.90. The quantitative estimate of drug-likeness (QED) is 0.467. The zero-order chi connectivity index (χ0) is 13.1. The van der Waals surface area contributed by atoms with Crippen molar-refractivity contribution in [2.24, 2.45) is 5.41 Å². The van der Waals surface area contributed by atoms with Crippen molar-refractivity contribution in [3.8, 4) is 0 Å². The van der Waals surface area contributed by atoms with E-state index in [4.69, 9.17) is 6.58 Å². The third kappa shape index (κ3) is 5.18. The summed E-state index contributed by atoms with van der Waals surface area (Å²) in [6, 6.07) is 0. The van der Waals surface area contributed by atoms with Gasteiger partial charge in [-0.2, -0.15) is 0 Å². The molecule has 95 valence electrons. The number of aliphatic hydroxyl groups excluding tert-OH is 1. The van der Waals surface area contributed by atoms with Crippen molar-refractivity contribution in [2.45, 2.75) is 45.6 Å². The van der Waals surface area contributed by atoms with Crippen LogP contribution in [0.15, 0.2) is 43.0 Å². The molecule has 0 saturated heterocycles. The van der Waals surface area contributed by atoms with E-state index in [9.17, 15) is 5.11 Å². The predicted octanol–water partition coefficient (Wildman–Crippen LogP) is 4.22. The van der Waals surface area contributed by atoms with Crippen molar-refractivity contribution in [3.05, 3.63) is 49.6 Å². The minimum absolute atomic E-state index is 0.394. The van der Waals surface area contributed by atoms with Gasteiger partial charge in [-0.25, -0.2) is 0 Å². The number of rotatable bonds is 9. The van der Waals surface area contributed by atoms with Gasteiger partial charge in [-0.15, -0.1) is 0 Å². The van der Waals surface area contributed by atoms with Crippen molar-refractivity contribution in [2.75, 3.05) is 0 Å². The molecule has 0 fully saturated rings. The number of hydrogen-bond donors (Lipinski definition) is 1. The van der Waals surface area contributed by atoms with E-state index < -0.39 is 11.5 Å². The first-order valence-corrected chi connectivity index (χ1v) is 6.38. The van der Waals surface area contributed by atoms with E-state index in [0.717, 1.165) is 25.7 Å². The Bertz CT molecular complexity index is 275. The highest BCUT2D eigenvalue weighted by Gasteiger charge is 2.29. The highest BCUT2D eigenvalue weighted by molar-refractivity contribution is 5.20. The molecule has 0 amide bonds. The van der Waals surface area contributed by atoms with Gasteiger partial charge in [0.1, 0.15) is 0 Å². The van der Waals surface area contributed by atoms with E-state index in [1.165, 1.54) is 6.08 Å². The smallest absolute Gasteiger partial charge is 0.0849 e. The predicted molar refractivity (Wildman–Crippen MR) is 75.6 cm³/mol. The van der Waals surface area contributed by atoms with Crippen molar-refractivity contribution < 1.29 is 5.11 Å². The molecule has 0 bridgehead atoms. The van der Waals surface area contributed by atoms with Gasteiger partial charge in [0, 0.05) is 5.41 Å². The highest BCUT2D eigenvalue weighted by Crippen LogP contribution is 2.33. The van der Waals surface area contributed by atoms with Crippen molar-refractivity contribution in [1.82, 2.24) is 0 Å². The molecule has 1 N–H and O–H groups in total. The molecule has 0 aliphatic carbocycles. The fourth-order valence-electron chi connectivity index (χ4n) is 1.81. The lowest BCUT2D eigenvalue weighted by atomic mass is 9.76. The minimum Gasteiger partial charge on any atom is -0.388 e. The summed E-state index contributed by atoms with van der Waals surface area (Å²) in [6.45, 7) is 13.4. The van der Waals surface area contributed by atoms with E-state index in [1.807, 2.05) is 12.2 Å². The molecular formula is C16H25O. The van der Waals surface area contributed by atoms with Crippen LogP contribution in [-0.4, -0.2) is 11.2 Å². The molecule has 17 heavy (non-hydrogen) atoms. The summed E-state index contributed by atoms with van der Waals surface area (Å²) in [6.07, 6.45) is 14.4. The molecule has 0 heterocycles. The summed E-state index contributed by atoms with van der Waals surface area (Å²) in [7, 11) is 0. The Labute approximate surface area is 106 Å². The SMILES string of the molecule is [CH]=CC(O)C(C=CC=C)(C=CCC)CCCC. The first-order valence-electron chi connectivity index (χ1n) is 6.38. The summed E-state index contributed by atoms with van der Waals surface area (Å²) < 4.78 is 0. The van der Waals surface area contributed by atoms with Crippen LogP contribution in [0.5, 0.6) is 0 Å². The zero-order valence-corrected chi connectivity index (χ0v) is 11.1. The topological polar surface area (TPSA) is 20.2 Å². The molecule has 0 spiro atoms. The molecule has 1 nitrogen and oxygen atoms in total. The maximum atomic E-state index is 10.1. The van der Waals surface area contributed by atoms with Crippen LogP contribution in [0.4, 0.5) is 0 Å². The maximum absolute atomic E-state index is 10.1. The summed E-state index contributed by atoms with van der Waals surface area (Å²) in [5, 5.41) is 10.1. The minimum atomic E-state index is -0.659. The summed E-state index contributed by atoms with van der Waals surface area (Å²) >= 11 is 0. The van der Waals surface area contributed by atoms with Gasteiger partial charge in [-0.1, -0.05) is 76.3 Å².